The van der Waals surface area contributed by atoms with Crippen molar-refractivity contribution < 1.29 is 18.8 Å². The lowest BCUT2D eigenvalue weighted by Crippen LogP contribution is -2.42. The highest BCUT2D eigenvalue weighted by molar-refractivity contribution is 6.15. The van der Waals surface area contributed by atoms with Crippen molar-refractivity contribution in [2.75, 3.05) is 11.4 Å². The smallest absolute Gasteiger partial charge is 0.237 e. The quantitative estimate of drug-likeness (QED) is 0.461. The van der Waals surface area contributed by atoms with Crippen LogP contribution in [0.1, 0.15) is 47.2 Å². The van der Waals surface area contributed by atoms with Crippen LogP contribution < -0.4 is 4.90 Å². The number of hydrogen-bond acceptors (Lipinski definition) is 5. The topological polar surface area (TPSA) is 88.4 Å². The van der Waals surface area contributed by atoms with Crippen LogP contribution in [0.5, 0.6) is 0 Å². The average Bonchev–Trinajstić information content (AvgIpc) is 3.27. The number of rotatable bonds is 6. The second-order valence-corrected chi connectivity index (χ2v) is 10.5. The Balaban J connectivity index is 1.89. The van der Waals surface area contributed by atoms with E-state index in [0.29, 0.717) is 30.9 Å². The summed E-state index contributed by atoms with van der Waals surface area (Å²) in [7, 11) is 0. The fourth-order valence-corrected chi connectivity index (χ4v) is 4.53. The van der Waals surface area contributed by atoms with Gasteiger partial charge in [0.05, 0.1) is 18.8 Å². The van der Waals surface area contributed by atoms with E-state index >= 15 is 0 Å². The average molecular weight is 520 g/mol. The van der Waals surface area contributed by atoms with E-state index in [1.54, 1.807) is 58.2 Å². The number of pyridine rings is 1. The number of anilines is 1. The zero-order chi connectivity index (χ0) is 27.7. The SMILES string of the molecule is CC(C)C(=O)N1CCn2nc(-c3ccc(F)cc3)c(-c3ccnc(N(C(=O)C(C)C)C(=O)C(C)C)c3)c2C1. The molecule has 9 heteroatoms. The molecule has 200 valence electrons. The lowest BCUT2D eigenvalue weighted by molar-refractivity contribution is -0.136. The number of carbonyl (C=O) groups excluding carboxylic acids is 3. The van der Waals surface area contributed by atoms with E-state index in [2.05, 4.69) is 4.98 Å². The molecule has 2 aromatic heterocycles. The van der Waals surface area contributed by atoms with Crippen molar-refractivity contribution >= 4 is 23.5 Å². The first-order valence-corrected chi connectivity index (χ1v) is 13.0. The predicted molar refractivity (Wildman–Crippen MR) is 143 cm³/mol. The van der Waals surface area contributed by atoms with Crippen LogP contribution in [0.15, 0.2) is 42.6 Å². The summed E-state index contributed by atoms with van der Waals surface area (Å²) in [6.07, 6.45) is 1.57. The van der Waals surface area contributed by atoms with Gasteiger partial charge in [0, 0.05) is 41.6 Å². The van der Waals surface area contributed by atoms with E-state index in [1.165, 1.54) is 12.1 Å². The molecule has 0 bridgehead atoms. The third kappa shape index (κ3) is 5.23. The van der Waals surface area contributed by atoms with Gasteiger partial charge in [-0.3, -0.25) is 19.1 Å². The second-order valence-electron chi connectivity index (χ2n) is 10.5. The van der Waals surface area contributed by atoms with E-state index in [9.17, 15) is 18.8 Å². The first-order chi connectivity index (χ1) is 18.0. The summed E-state index contributed by atoms with van der Waals surface area (Å²) in [5.74, 6) is -1.69. The van der Waals surface area contributed by atoms with Crippen molar-refractivity contribution in [1.29, 1.82) is 0 Å². The Kier molecular flexibility index (Phi) is 7.76. The van der Waals surface area contributed by atoms with Crippen molar-refractivity contribution in [2.45, 2.75) is 54.6 Å². The number of nitrogens with zero attached hydrogens (tertiary/aromatic N) is 5. The second kappa shape index (κ2) is 10.8. The van der Waals surface area contributed by atoms with Crippen molar-refractivity contribution in [3.63, 3.8) is 0 Å². The van der Waals surface area contributed by atoms with Gasteiger partial charge >= 0.3 is 0 Å². The Labute approximate surface area is 222 Å². The van der Waals surface area contributed by atoms with E-state index in [1.807, 2.05) is 23.4 Å². The zero-order valence-electron chi connectivity index (χ0n) is 22.7. The third-order valence-corrected chi connectivity index (χ3v) is 6.60. The Morgan fingerprint density at radius 3 is 2.08 bits per heavy atom. The molecule has 8 nitrogen and oxygen atoms in total. The summed E-state index contributed by atoms with van der Waals surface area (Å²) in [6, 6.07) is 9.62. The number of imide groups is 1. The molecule has 0 spiro atoms. The lowest BCUT2D eigenvalue weighted by atomic mass is 9.98. The molecule has 1 aliphatic rings. The summed E-state index contributed by atoms with van der Waals surface area (Å²) >= 11 is 0. The van der Waals surface area contributed by atoms with E-state index < -0.39 is 11.8 Å². The Morgan fingerprint density at radius 2 is 1.50 bits per heavy atom. The lowest BCUT2D eigenvalue weighted by Gasteiger charge is -2.30. The van der Waals surface area contributed by atoms with Gasteiger partial charge in [-0.25, -0.2) is 14.3 Å². The number of aromatic nitrogens is 3. The maximum absolute atomic E-state index is 13.7. The van der Waals surface area contributed by atoms with Crippen molar-refractivity contribution in [3.05, 3.63) is 54.1 Å². The van der Waals surface area contributed by atoms with Crippen LogP contribution >= 0.6 is 0 Å². The fraction of sp³-hybridized carbons (Fsp3) is 0.414. The molecule has 0 N–H and O–H groups in total. The number of amides is 3. The summed E-state index contributed by atoms with van der Waals surface area (Å²) in [6.45, 7) is 12.1. The van der Waals surface area contributed by atoms with Gasteiger partial charge in [-0.1, -0.05) is 41.5 Å². The standard InChI is InChI=1S/C29H34FN5O3/c1-17(2)27(36)33-13-14-34-23(16-33)25(26(32-34)20-7-9-22(30)10-8-20)21-11-12-31-24(15-21)35(28(37)18(3)4)29(38)19(5)6/h7-12,15,17-19H,13-14,16H2,1-6H3. The molecule has 1 aliphatic heterocycles. The Hall–Kier alpha value is -3.88. The molecule has 0 unspecified atom stereocenters. The molecule has 0 atom stereocenters. The van der Waals surface area contributed by atoms with Crippen LogP contribution in [-0.2, 0) is 27.5 Å². The Morgan fingerprint density at radius 1 is 0.868 bits per heavy atom. The van der Waals surface area contributed by atoms with Crippen molar-refractivity contribution in [1.82, 2.24) is 19.7 Å². The van der Waals surface area contributed by atoms with Crippen LogP contribution in [0.25, 0.3) is 22.4 Å². The van der Waals surface area contributed by atoms with Gasteiger partial charge in [0.2, 0.25) is 17.7 Å². The van der Waals surface area contributed by atoms with Crippen LogP contribution in [0, 0.1) is 23.6 Å². The number of halogens is 1. The predicted octanol–water partition coefficient (Wildman–Crippen LogP) is 4.92. The van der Waals surface area contributed by atoms with Crippen LogP contribution in [0.2, 0.25) is 0 Å². The summed E-state index contributed by atoms with van der Waals surface area (Å²) < 4.78 is 15.6. The maximum Gasteiger partial charge on any atom is 0.237 e. The van der Waals surface area contributed by atoms with E-state index in [-0.39, 0.29) is 35.3 Å². The first kappa shape index (κ1) is 27.2. The fourth-order valence-electron chi connectivity index (χ4n) is 4.53. The first-order valence-electron chi connectivity index (χ1n) is 13.0. The molecule has 0 aliphatic carbocycles. The van der Waals surface area contributed by atoms with E-state index in [4.69, 9.17) is 5.10 Å². The largest absolute Gasteiger partial charge is 0.335 e. The highest BCUT2D eigenvalue weighted by Gasteiger charge is 2.31. The monoisotopic (exact) mass is 519 g/mol. The minimum absolute atomic E-state index is 0.0541. The molecule has 3 heterocycles. The highest BCUT2D eigenvalue weighted by atomic mass is 19.1. The molecule has 1 aromatic carbocycles. The van der Waals surface area contributed by atoms with Gasteiger partial charge < -0.3 is 4.90 Å². The van der Waals surface area contributed by atoms with Crippen LogP contribution in [0.3, 0.4) is 0 Å². The molecular weight excluding hydrogens is 485 g/mol. The maximum atomic E-state index is 13.7. The Bertz CT molecular complexity index is 1340. The molecule has 4 rings (SSSR count). The summed E-state index contributed by atoms with van der Waals surface area (Å²) in [5.41, 5.74) is 3.64. The molecule has 0 radical (unpaired) electrons. The molecule has 0 saturated heterocycles. The van der Waals surface area contributed by atoms with Gasteiger partial charge in [-0.2, -0.15) is 5.10 Å². The zero-order valence-corrected chi connectivity index (χ0v) is 22.7. The number of fused-ring (bicyclic) bond motifs is 1. The van der Waals surface area contributed by atoms with E-state index in [0.717, 1.165) is 21.7 Å². The number of benzene rings is 1. The molecule has 3 aromatic rings. The van der Waals surface area contributed by atoms with Gasteiger partial charge in [-0.05, 0) is 42.0 Å². The van der Waals surface area contributed by atoms with Crippen LogP contribution in [0.4, 0.5) is 10.2 Å². The highest BCUT2D eigenvalue weighted by Crippen LogP contribution is 2.38. The molecule has 3 amide bonds. The minimum Gasteiger partial charge on any atom is -0.335 e. The normalized spacial score (nSPS) is 13.3. The molecular formula is C29H34FN5O3. The number of hydrogen-bond donors (Lipinski definition) is 0. The molecule has 38 heavy (non-hydrogen) atoms. The minimum atomic E-state index is -0.405. The van der Waals surface area contributed by atoms with Gasteiger partial charge in [0.25, 0.3) is 0 Å². The van der Waals surface area contributed by atoms with Gasteiger partial charge in [0.1, 0.15) is 17.3 Å². The summed E-state index contributed by atoms with van der Waals surface area (Å²) in [4.78, 5) is 46.4. The van der Waals surface area contributed by atoms with Gasteiger partial charge in [-0.15, -0.1) is 0 Å². The summed E-state index contributed by atoms with van der Waals surface area (Å²) in [5, 5.41) is 4.86. The molecule has 0 fully saturated rings. The number of carbonyl (C=O) groups is 3. The van der Waals surface area contributed by atoms with Crippen molar-refractivity contribution in [3.8, 4) is 22.4 Å². The molecule has 0 saturated carbocycles. The van der Waals surface area contributed by atoms with Crippen molar-refractivity contribution in [2.24, 2.45) is 17.8 Å². The third-order valence-electron chi connectivity index (χ3n) is 6.60. The van der Waals surface area contributed by atoms with Crippen LogP contribution in [-0.4, -0.2) is 43.9 Å². The van der Waals surface area contributed by atoms with Gasteiger partial charge in [0.15, 0.2) is 0 Å².